The Balaban J connectivity index is 1.41. The topological polar surface area (TPSA) is 147 Å². The molecule has 0 fully saturated rings. The van der Waals surface area contributed by atoms with Crippen molar-refractivity contribution in [2.24, 2.45) is 0 Å². The Morgan fingerprint density at radius 1 is 0.973 bits per heavy atom. The highest BCUT2D eigenvalue weighted by atomic mass is 19.1. The summed E-state index contributed by atoms with van der Waals surface area (Å²) in [5, 5.41) is 23.8. The van der Waals surface area contributed by atoms with E-state index in [1.807, 2.05) is 19.1 Å². The van der Waals surface area contributed by atoms with Gasteiger partial charge in [-0.2, -0.15) is 0 Å². The number of nitro benzene ring substituents is 1. The summed E-state index contributed by atoms with van der Waals surface area (Å²) in [5.41, 5.74) is 6.49. The number of furan rings is 1. The van der Waals surface area contributed by atoms with Crippen LogP contribution in [0.25, 0.3) is 11.1 Å². The van der Waals surface area contributed by atoms with Gasteiger partial charge in [-0.15, -0.1) is 0 Å². The number of anilines is 1. The van der Waals surface area contributed by atoms with E-state index in [-0.39, 0.29) is 23.2 Å². The third kappa shape index (κ3) is 5.73. The monoisotopic (exact) mass is 504 g/mol. The molecule has 0 radical (unpaired) electrons. The molecule has 0 aliphatic rings. The highest BCUT2D eigenvalue weighted by Crippen LogP contribution is 2.28. The van der Waals surface area contributed by atoms with Crippen molar-refractivity contribution in [2.45, 2.75) is 13.0 Å². The van der Waals surface area contributed by atoms with E-state index in [1.165, 1.54) is 24.5 Å². The summed E-state index contributed by atoms with van der Waals surface area (Å²) in [6, 6.07) is 18.0. The summed E-state index contributed by atoms with van der Waals surface area (Å²) in [4.78, 5) is 35.1. The number of nitrogens with one attached hydrogen (secondary N) is 3. The van der Waals surface area contributed by atoms with Crippen LogP contribution in [0.5, 0.6) is 5.75 Å². The molecular formula is C26H21FN4O6. The molecular weight excluding hydrogens is 483 g/mol. The minimum Gasteiger partial charge on any atom is -0.502 e. The second kappa shape index (κ2) is 10.6. The van der Waals surface area contributed by atoms with Crippen molar-refractivity contribution >= 4 is 23.2 Å². The van der Waals surface area contributed by atoms with Crippen LogP contribution in [-0.2, 0) is 0 Å². The minimum absolute atomic E-state index is 0.0580. The smallest absolute Gasteiger partial charge is 0.311 e. The maximum atomic E-state index is 13.2. The van der Waals surface area contributed by atoms with Crippen LogP contribution in [0.15, 0.2) is 83.5 Å². The number of phenolic OH excluding ortho intramolecular Hbond substituents is 1. The average molecular weight is 504 g/mol. The molecule has 1 aromatic heterocycles. The first-order chi connectivity index (χ1) is 17.7. The molecule has 1 heterocycles. The molecule has 11 heteroatoms. The number of halogens is 1. The summed E-state index contributed by atoms with van der Waals surface area (Å²) in [5.74, 6) is -2.51. The van der Waals surface area contributed by atoms with E-state index < -0.39 is 28.2 Å². The number of hydrogen-bond donors (Lipinski definition) is 4. The first-order valence-corrected chi connectivity index (χ1v) is 11.0. The van der Waals surface area contributed by atoms with Gasteiger partial charge in [-0.05, 0) is 60.5 Å². The number of nitrogens with zero attached hydrogens (tertiary/aromatic N) is 1. The first-order valence-electron chi connectivity index (χ1n) is 11.0. The van der Waals surface area contributed by atoms with Gasteiger partial charge >= 0.3 is 11.6 Å². The molecule has 0 spiro atoms. The molecule has 4 N–H and O–H groups in total. The van der Waals surface area contributed by atoms with Gasteiger partial charge < -0.3 is 14.8 Å². The SMILES string of the molecule is CC(Nc1ccc(-c2ccoc2C(=O)NNC(=O)c2ccc(O)c([N+](=O)[O-])c2)cc1)c1ccc(F)cc1. The number of carbonyl (C=O) groups is 2. The molecule has 37 heavy (non-hydrogen) atoms. The molecule has 0 saturated carbocycles. The van der Waals surface area contributed by atoms with E-state index in [4.69, 9.17) is 4.42 Å². The maximum Gasteiger partial charge on any atom is 0.311 e. The van der Waals surface area contributed by atoms with Crippen LogP contribution in [-0.4, -0.2) is 21.8 Å². The molecule has 3 aromatic carbocycles. The number of hydrogen-bond acceptors (Lipinski definition) is 7. The molecule has 0 aliphatic heterocycles. The Morgan fingerprint density at radius 3 is 2.32 bits per heavy atom. The van der Waals surface area contributed by atoms with E-state index in [2.05, 4.69) is 16.2 Å². The predicted octanol–water partition coefficient (Wildman–Crippen LogP) is 4.95. The van der Waals surface area contributed by atoms with Gasteiger partial charge in [0.05, 0.1) is 11.2 Å². The van der Waals surface area contributed by atoms with Crippen molar-refractivity contribution in [3.8, 4) is 16.9 Å². The van der Waals surface area contributed by atoms with E-state index in [1.54, 1.807) is 30.3 Å². The molecule has 4 aromatic rings. The van der Waals surface area contributed by atoms with Crippen LogP contribution >= 0.6 is 0 Å². The van der Waals surface area contributed by atoms with Gasteiger partial charge in [-0.25, -0.2) is 4.39 Å². The summed E-state index contributed by atoms with van der Waals surface area (Å²) in [6.45, 7) is 1.95. The zero-order chi connectivity index (χ0) is 26.5. The maximum absolute atomic E-state index is 13.2. The molecule has 0 saturated heterocycles. The van der Waals surface area contributed by atoms with E-state index >= 15 is 0 Å². The van der Waals surface area contributed by atoms with Crippen molar-refractivity contribution < 1.29 is 28.4 Å². The highest BCUT2D eigenvalue weighted by molar-refractivity contribution is 6.01. The fourth-order valence-corrected chi connectivity index (χ4v) is 3.60. The van der Waals surface area contributed by atoms with Crippen molar-refractivity contribution in [3.63, 3.8) is 0 Å². The van der Waals surface area contributed by atoms with Crippen LogP contribution in [0.4, 0.5) is 15.8 Å². The minimum atomic E-state index is -0.829. The molecule has 0 aliphatic carbocycles. The van der Waals surface area contributed by atoms with Gasteiger partial charge in [0.25, 0.3) is 5.91 Å². The Hall–Kier alpha value is -5.19. The predicted molar refractivity (Wildman–Crippen MR) is 132 cm³/mol. The largest absolute Gasteiger partial charge is 0.502 e. The van der Waals surface area contributed by atoms with Crippen molar-refractivity contribution in [1.29, 1.82) is 0 Å². The standard InChI is InChI=1S/C26H21FN4O6/c1-15(16-2-7-19(27)8-3-16)28-20-9-4-17(5-10-20)21-12-13-37-24(21)26(34)30-29-25(33)18-6-11-23(32)22(14-18)31(35)36/h2-15,28,32H,1H3,(H,29,33)(H,30,34). The van der Waals surface area contributed by atoms with Gasteiger partial charge in [0.1, 0.15) is 5.82 Å². The zero-order valence-corrected chi connectivity index (χ0v) is 19.4. The Morgan fingerprint density at radius 2 is 1.65 bits per heavy atom. The van der Waals surface area contributed by atoms with Crippen LogP contribution in [0, 0.1) is 15.9 Å². The number of benzene rings is 3. The third-order valence-electron chi connectivity index (χ3n) is 5.54. The summed E-state index contributed by atoms with van der Waals surface area (Å²) in [7, 11) is 0. The molecule has 188 valence electrons. The fraction of sp³-hybridized carbons (Fsp3) is 0.0769. The first kappa shape index (κ1) is 24.9. The fourth-order valence-electron chi connectivity index (χ4n) is 3.60. The van der Waals surface area contributed by atoms with Crippen LogP contribution in [0.1, 0.15) is 39.4 Å². The van der Waals surface area contributed by atoms with Crippen LogP contribution < -0.4 is 16.2 Å². The molecule has 0 bridgehead atoms. The molecule has 1 atom stereocenters. The molecule has 1 unspecified atom stereocenters. The van der Waals surface area contributed by atoms with Gasteiger partial charge in [-0.3, -0.25) is 30.6 Å². The Kier molecular flexibility index (Phi) is 7.14. The Labute approximate surface area is 209 Å². The number of carbonyl (C=O) groups excluding carboxylic acids is 2. The second-order valence-electron chi connectivity index (χ2n) is 8.03. The molecule has 2 amide bonds. The van der Waals surface area contributed by atoms with Gasteiger partial charge in [0.2, 0.25) is 5.76 Å². The van der Waals surface area contributed by atoms with Gasteiger partial charge in [0.15, 0.2) is 5.75 Å². The summed E-state index contributed by atoms with van der Waals surface area (Å²) >= 11 is 0. The van der Waals surface area contributed by atoms with Gasteiger partial charge in [0, 0.05) is 28.9 Å². The molecule has 4 rings (SSSR count). The van der Waals surface area contributed by atoms with E-state index in [0.717, 1.165) is 23.4 Å². The summed E-state index contributed by atoms with van der Waals surface area (Å²) in [6.07, 6.45) is 1.33. The number of amides is 2. The quantitative estimate of drug-likeness (QED) is 0.206. The van der Waals surface area contributed by atoms with Crippen LogP contribution in [0.3, 0.4) is 0 Å². The summed E-state index contributed by atoms with van der Waals surface area (Å²) < 4.78 is 18.5. The number of aromatic hydroxyl groups is 1. The number of rotatable bonds is 7. The lowest BCUT2D eigenvalue weighted by Crippen LogP contribution is -2.41. The highest BCUT2D eigenvalue weighted by Gasteiger charge is 2.20. The van der Waals surface area contributed by atoms with Crippen LogP contribution in [0.2, 0.25) is 0 Å². The normalized spacial score (nSPS) is 11.4. The van der Waals surface area contributed by atoms with E-state index in [9.17, 15) is 29.2 Å². The van der Waals surface area contributed by atoms with E-state index in [0.29, 0.717) is 11.1 Å². The lowest BCUT2D eigenvalue weighted by Gasteiger charge is -2.16. The average Bonchev–Trinajstić information content (AvgIpc) is 3.38. The second-order valence-corrected chi connectivity index (χ2v) is 8.03. The number of nitro groups is 1. The molecule has 10 nitrogen and oxygen atoms in total. The Bertz CT molecular complexity index is 1450. The van der Waals surface area contributed by atoms with Gasteiger partial charge in [-0.1, -0.05) is 24.3 Å². The number of phenols is 1. The van der Waals surface area contributed by atoms with Crippen molar-refractivity contribution in [1.82, 2.24) is 10.9 Å². The third-order valence-corrected chi connectivity index (χ3v) is 5.54. The van der Waals surface area contributed by atoms with Crippen molar-refractivity contribution in [2.75, 3.05) is 5.32 Å². The van der Waals surface area contributed by atoms with Crippen molar-refractivity contribution in [3.05, 3.63) is 112 Å². The zero-order valence-electron chi connectivity index (χ0n) is 19.4. The number of hydrazine groups is 1. The lowest BCUT2D eigenvalue weighted by molar-refractivity contribution is -0.385. The lowest BCUT2D eigenvalue weighted by atomic mass is 10.0.